The van der Waals surface area contributed by atoms with Crippen molar-refractivity contribution < 1.29 is 23.6 Å². The van der Waals surface area contributed by atoms with Gasteiger partial charge in [0, 0.05) is 19.2 Å². The largest absolute Gasteiger partial charge is 0.452 e. The van der Waals surface area contributed by atoms with E-state index in [0.29, 0.717) is 11.3 Å². The molecule has 0 aliphatic carbocycles. The van der Waals surface area contributed by atoms with Crippen LogP contribution in [0.2, 0.25) is 0 Å². The highest BCUT2D eigenvalue weighted by atomic mass is 19.1. The second-order valence-electron chi connectivity index (χ2n) is 7.07. The molecule has 0 bridgehead atoms. The van der Waals surface area contributed by atoms with Gasteiger partial charge in [-0.05, 0) is 49.6 Å². The van der Waals surface area contributed by atoms with Crippen LogP contribution in [-0.4, -0.2) is 36.5 Å². The maximum Gasteiger partial charge on any atom is 0.338 e. The van der Waals surface area contributed by atoms with E-state index in [-0.39, 0.29) is 17.1 Å². The molecule has 1 saturated heterocycles. The predicted octanol–water partition coefficient (Wildman–Crippen LogP) is 3.37. The molecule has 1 heterocycles. The summed E-state index contributed by atoms with van der Waals surface area (Å²) in [4.78, 5) is 37.1. The number of carbonyl (C=O) groups is 2. The summed E-state index contributed by atoms with van der Waals surface area (Å²) in [6.07, 6.45) is 1.93. The van der Waals surface area contributed by atoms with E-state index in [1.807, 2.05) is 4.90 Å². The summed E-state index contributed by atoms with van der Waals surface area (Å²) in [5.41, 5.74) is 1.01. The summed E-state index contributed by atoms with van der Waals surface area (Å²) in [6.45, 7) is 2.65. The zero-order valence-electron chi connectivity index (χ0n) is 16.5. The highest BCUT2D eigenvalue weighted by Gasteiger charge is 2.24. The fraction of sp³-hybridized carbons (Fsp3) is 0.333. The lowest BCUT2D eigenvalue weighted by Gasteiger charge is -2.17. The number of benzene rings is 2. The maximum absolute atomic E-state index is 13.0. The Bertz CT molecular complexity index is 942. The molecule has 0 unspecified atom stereocenters. The van der Waals surface area contributed by atoms with Gasteiger partial charge in [0.05, 0.1) is 16.5 Å². The molecule has 1 aliphatic rings. The van der Waals surface area contributed by atoms with Crippen molar-refractivity contribution in [1.82, 2.24) is 5.32 Å². The second-order valence-corrected chi connectivity index (χ2v) is 7.07. The topological polar surface area (TPSA) is 102 Å². The fourth-order valence-electron chi connectivity index (χ4n) is 3.35. The van der Waals surface area contributed by atoms with Crippen molar-refractivity contribution in [3.63, 3.8) is 0 Å². The Hall–Kier alpha value is -3.49. The van der Waals surface area contributed by atoms with E-state index < -0.39 is 29.4 Å². The van der Waals surface area contributed by atoms with E-state index in [0.717, 1.165) is 25.9 Å². The van der Waals surface area contributed by atoms with Gasteiger partial charge in [-0.15, -0.1) is 0 Å². The molecule has 2 aromatic carbocycles. The van der Waals surface area contributed by atoms with E-state index in [1.165, 1.54) is 30.3 Å². The van der Waals surface area contributed by atoms with Crippen molar-refractivity contribution in [2.45, 2.75) is 25.8 Å². The monoisotopic (exact) mass is 415 g/mol. The van der Waals surface area contributed by atoms with Crippen LogP contribution in [0.25, 0.3) is 0 Å². The van der Waals surface area contributed by atoms with E-state index in [2.05, 4.69) is 5.32 Å². The Morgan fingerprint density at radius 1 is 1.20 bits per heavy atom. The Labute approximate surface area is 172 Å². The van der Waals surface area contributed by atoms with Crippen molar-refractivity contribution in [3.05, 3.63) is 69.5 Å². The van der Waals surface area contributed by atoms with Gasteiger partial charge in [0.15, 0.2) is 6.61 Å². The van der Waals surface area contributed by atoms with Crippen LogP contribution >= 0.6 is 0 Å². The zero-order valence-corrected chi connectivity index (χ0v) is 16.5. The minimum absolute atomic E-state index is 0.00373. The van der Waals surface area contributed by atoms with Gasteiger partial charge in [-0.2, -0.15) is 0 Å². The lowest BCUT2D eigenvalue weighted by Crippen LogP contribution is -2.31. The van der Waals surface area contributed by atoms with Crippen molar-refractivity contribution in [1.29, 1.82) is 0 Å². The summed E-state index contributed by atoms with van der Waals surface area (Å²) >= 11 is 0. The number of nitro groups is 1. The number of amides is 1. The van der Waals surface area contributed by atoms with Gasteiger partial charge < -0.3 is 15.0 Å². The quantitative estimate of drug-likeness (QED) is 0.423. The first-order valence-electron chi connectivity index (χ1n) is 9.60. The molecule has 1 amide bonds. The molecule has 9 heteroatoms. The highest BCUT2D eigenvalue weighted by molar-refractivity contribution is 5.93. The SMILES string of the molecule is C[C@H](NC(=O)COC(=O)c1ccc(N2CCCC2)c([N+](=O)[O-])c1)c1ccc(F)cc1. The minimum Gasteiger partial charge on any atom is -0.452 e. The molecule has 0 radical (unpaired) electrons. The molecule has 0 spiro atoms. The number of hydrogen-bond acceptors (Lipinski definition) is 6. The molecule has 1 N–H and O–H groups in total. The van der Waals surface area contributed by atoms with Gasteiger partial charge >= 0.3 is 5.97 Å². The van der Waals surface area contributed by atoms with Gasteiger partial charge in [0.2, 0.25) is 0 Å². The number of nitrogens with one attached hydrogen (secondary N) is 1. The number of halogens is 1. The van der Waals surface area contributed by atoms with Crippen LogP contribution in [0.4, 0.5) is 15.8 Å². The molecule has 2 aromatic rings. The molecule has 1 atom stereocenters. The average Bonchev–Trinajstić information content (AvgIpc) is 3.26. The number of nitrogens with zero attached hydrogens (tertiary/aromatic N) is 2. The minimum atomic E-state index is -0.823. The third-order valence-electron chi connectivity index (χ3n) is 4.94. The molecule has 0 saturated carbocycles. The highest BCUT2D eigenvalue weighted by Crippen LogP contribution is 2.31. The molecule has 30 heavy (non-hydrogen) atoms. The molecule has 0 aromatic heterocycles. The molecule has 1 fully saturated rings. The number of nitro benzene ring substituents is 1. The van der Waals surface area contributed by atoms with Crippen LogP contribution in [0.5, 0.6) is 0 Å². The Balaban J connectivity index is 1.60. The van der Waals surface area contributed by atoms with E-state index >= 15 is 0 Å². The van der Waals surface area contributed by atoms with Crippen LogP contribution in [0.1, 0.15) is 41.7 Å². The first-order chi connectivity index (χ1) is 14.3. The Morgan fingerprint density at radius 3 is 2.50 bits per heavy atom. The molecule has 1 aliphatic heterocycles. The molecule has 8 nitrogen and oxygen atoms in total. The molecular weight excluding hydrogens is 393 g/mol. The third-order valence-corrected chi connectivity index (χ3v) is 4.94. The first kappa shape index (κ1) is 21.2. The smallest absolute Gasteiger partial charge is 0.338 e. The van der Waals surface area contributed by atoms with Gasteiger partial charge in [-0.3, -0.25) is 14.9 Å². The fourth-order valence-corrected chi connectivity index (χ4v) is 3.35. The standard InChI is InChI=1S/C21H22FN3O5/c1-14(15-4-7-17(22)8-5-15)23-20(26)13-30-21(27)16-6-9-18(19(12-16)25(28)29)24-10-2-3-11-24/h4-9,12,14H,2-3,10-11,13H2,1H3,(H,23,26)/t14-/m0/s1. The Kier molecular flexibility index (Phi) is 6.61. The number of anilines is 1. The lowest BCUT2D eigenvalue weighted by atomic mass is 10.1. The number of esters is 1. The Morgan fingerprint density at radius 2 is 1.87 bits per heavy atom. The molecule has 3 rings (SSSR count). The van der Waals surface area contributed by atoms with Crippen LogP contribution in [0, 0.1) is 15.9 Å². The van der Waals surface area contributed by atoms with E-state index in [1.54, 1.807) is 19.1 Å². The van der Waals surface area contributed by atoms with Gasteiger partial charge in [0.1, 0.15) is 11.5 Å². The van der Waals surface area contributed by atoms with Crippen LogP contribution in [0.3, 0.4) is 0 Å². The normalized spacial score (nSPS) is 14.3. The zero-order chi connectivity index (χ0) is 21.7. The summed E-state index contributed by atoms with van der Waals surface area (Å²) < 4.78 is 18.0. The van der Waals surface area contributed by atoms with Gasteiger partial charge in [-0.25, -0.2) is 9.18 Å². The van der Waals surface area contributed by atoms with Gasteiger partial charge in [0.25, 0.3) is 11.6 Å². The van der Waals surface area contributed by atoms with E-state index in [9.17, 15) is 24.1 Å². The maximum atomic E-state index is 13.0. The third kappa shape index (κ3) is 5.11. The summed E-state index contributed by atoms with van der Waals surface area (Å²) in [6, 6.07) is 9.44. The van der Waals surface area contributed by atoms with Crippen molar-refractivity contribution in [3.8, 4) is 0 Å². The predicted molar refractivity (Wildman–Crippen MR) is 108 cm³/mol. The number of ether oxygens (including phenoxy) is 1. The molecule has 158 valence electrons. The number of carbonyl (C=O) groups excluding carboxylic acids is 2. The first-order valence-corrected chi connectivity index (χ1v) is 9.60. The number of hydrogen-bond donors (Lipinski definition) is 1. The van der Waals surface area contributed by atoms with Gasteiger partial charge in [-0.1, -0.05) is 12.1 Å². The van der Waals surface area contributed by atoms with Crippen molar-refractivity contribution in [2.75, 3.05) is 24.6 Å². The second kappa shape index (κ2) is 9.34. The molecular formula is C21H22FN3O5. The van der Waals surface area contributed by atoms with Crippen LogP contribution in [0.15, 0.2) is 42.5 Å². The van der Waals surface area contributed by atoms with Crippen LogP contribution in [-0.2, 0) is 9.53 Å². The van der Waals surface area contributed by atoms with E-state index in [4.69, 9.17) is 4.74 Å². The van der Waals surface area contributed by atoms with Crippen molar-refractivity contribution in [2.24, 2.45) is 0 Å². The number of rotatable bonds is 7. The summed E-state index contributed by atoms with van der Waals surface area (Å²) in [5.74, 6) is -1.74. The summed E-state index contributed by atoms with van der Waals surface area (Å²) in [5, 5.41) is 14.1. The van der Waals surface area contributed by atoms with Crippen molar-refractivity contribution >= 4 is 23.3 Å². The average molecular weight is 415 g/mol. The summed E-state index contributed by atoms with van der Waals surface area (Å²) in [7, 11) is 0. The van der Waals surface area contributed by atoms with Crippen LogP contribution < -0.4 is 10.2 Å². The lowest BCUT2D eigenvalue weighted by molar-refractivity contribution is -0.384.